The van der Waals surface area contributed by atoms with Crippen LogP contribution in [0.4, 0.5) is 5.69 Å². The van der Waals surface area contributed by atoms with Crippen molar-refractivity contribution in [2.45, 2.75) is 6.61 Å². The van der Waals surface area contributed by atoms with Gasteiger partial charge in [0.1, 0.15) is 6.61 Å². The zero-order valence-corrected chi connectivity index (χ0v) is 16.1. The molecule has 0 fully saturated rings. The van der Waals surface area contributed by atoms with Crippen molar-refractivity contribution in [3.8, 4) is 11.5 Å². The number of hydrogen-bond acceptors (Lipinski definition) is 6. The number of benzene rings is 3. The molecule has 0 aliphatic rings. The zero-order valence-electron chi connectivity index (χ0n) is 16.1. The van der Waals surface area contributed by atoms with Crippen LogP contribution >= 0.6 is 0 Å². The Labute approximate surface area is 172 Å². The van der Waals surface area contributed by atoms with Crippen LogP contribution in [-0.2, 0) is 6.61 Å². The van der Waals surface area contributed by atoms with E-state index >= 15 is 0 Å². The van der Waals surface area contributed by atoms with E-state index in [4.69, 9.17) is 9.47 Å². The van der Waals surface area contributed by atoms with Crippen molar-refractivity contribution in [2.24, 2.45) is 5.10 Å². The standard InChI is InChI=1S/C22H19N3O5/c1-29-20-12-7-17(13-21(20)30-15-16-5-3-2-4-6-16)14-23-24-22(26)18-8-10-19(11-9-18)25(27)28/h2-14H,15H2,1H3,(H,24,26)/b23-14+. The minimum absolute atomic E-state index is 0.0867. The summed E-state index contributed by atoms with van der Waals surface area (Å²) in [6.07, 6.45) is 1.47. The Kier molecular flexibility index (Phi) is 6.73. The van der Waals surface area contributed by atoms with Crippen molar-refractivity contribution < 1.29 is 19.2 Å². The number of nitrogens with one attached hydrogen (secondary N) is 1. The maximum Gasteiger partial charge on any atom is 0.271 e. The number of methoxy groups -OCH3 is 1. The van der Waals surface area contributed by atoms with Gasteiger partial charge < -0.3 is 9.47 Å². The molecule has 0 aromatic heterocycles. The minimum Gasteiger partial charge on any atom is -0.493 e. The molecule has 0 bridgehead atoms. The average molecular weight is 405 g/mol. The van der Waals surface area contributed by atoms with Gasteiger partial charge in [-0.25, -0.2) is 5.43 Å². The highest BCUT2D eigenvalue weighted by Crippen LogP contribution is 2.28. The Morgan fingerprint density at radius 1 is 1.07 bits per heavy atom. The lowest BCUT2D eigenvalue weighted by atomic mass is 10.2. The quantitative estimate of drug-likeness (QED) is 0.347. The lowest BCUT2D eigenvalue weighted by Gasteiger charge is -2.11. The van der Waals surface area contributed by atoms with Crippen LogP contribution in [0.5, 0.6) is 11.5 Å². The second kappa shape index (κ2) is 9.83. The molecule has 0 saturated carbocycles. The van der Waals surface area contributed by atoms with Crippen molar-refractivity contribution in [3.05, 3.63) is 99.6 Å². The Bertz CT molecular complexity index is 1050. The first-order valence-electron chi connectivity index (χ1n) is 8.99. The third kappa shape index (κ3) is 5.41. The van der Waals surface area contributed by atoms with E-state index in [0.717, 1.165) is 5.56 Å². The van der Waals surface area contributed by atoms with Crippen LogP contribution in [0.3, 0.4) is 0 Å². The molecule has 0 aliphatic carbocycles. The summed E-state index contributed by atoms with van der Waals surface area (Å²) in [5.41, 5.74) is 4.29. The summed E-state index contributed by atoms with van der Waals surface area (Å²) in [4.78, 5) is 22.3. The smallest absolute Gasteiger partial charge is 0.271 e. The minimum atomic E-state index is -0.527. The van der Waals surface area contributed by atoms with E-state index in [1.165, 1.54) is 30.5 Å². The van der Waals surface area contributed by atoms with Gasteiger partial charge in [0.15, 0.2) is 11.5 Å². The first-order valence-corrected chi connectivity index (χ1v) is 8.99. The number of ether oxygens (including phenoxy) is 2. The Morgan fingerprint density at radius 2 is 1.80 bits per heavy atom. The number of non-ortho nitro benzene ring substituents is 1. The SMILES string of the molecule is COc1ccc(/C=N/NC(=O)c2ccc([N+](=O)[O-])cc2)cc1OCc1ccccc1. The van der Waals surface area contributed by atoms with Gasteiger partial charge in [0.25, 0.3) is 11.6 Å². The lowest BCUT2D eigenvalue weighted by Crippen LogP contribution is -2.17. The average Bonchev–Trinajstić information content (AvgIpc) is 2.78. The fourth-order valence-electron chi connectivity index (χ4n) is 2.59. The van der Waals surface area contributed by atoms with Crippen molar-refractivity contribution in [1.29, 1.82) is 0 Å². The Hall–Kier alpha value is -4.20. The highest BCUT2D eigenvalue weighted by atomic mass is 16.6. The molecule has 0 saturated heterocycles. The van der Waals surface area contributed by atoms with Gasteiger partial charge in [-0.05, 0) is 41.5 Å². The number of rotatable bonds is 8. The monoisotopic (exact) mass is 405 g/mol. The number of nitro groups is 1. The summed E-state index contributed by atoms with van der Waals surface area (Å²) in [7, 11) is 1.56. The summed E-state index contributed by atoms with van der Waals surface area (Å²) in [6.45, 7) is 0.384. The van der Waals surface area contributed by atoms with Gasteiger partial charge in [-0.3, -0.25) is 14.9 Å². The summed E-state index contributed by atoms with van der Waals surface area (Å²) in [6, 6.07) is 20.3. The second-order valence-corrected chi connectivity index (χ2v) is 6.19. The normalized spacial score (nSPS) is 10.6. The summed E-state index contributed by atoms with van der Waals surface area (Å²) in [5.74, 6) is 0.653. The highest BCUT2D eigenvalue weighted by molar-refractivity contribution is 5.95. The largest absolute Gasteiger partial charge is 0.493 e. The van der Waals surface area contributed by atoms with E-state index in [1.807, 2.05) is 30.3 Å². The number of carbonyl (C=O) groups excluding carboxylic acids is 1. The van der Waals surface area contributed by atoms with Gasteiger partial charge in [-0.15, -0.1) is 0 Å². The maximum atomic E-state index is 12.1. The van der Waals surface area contributed by atoms with Crippen LogP contribution in [-0.4, -0.2) is 24.2 Å². The van der Waals surface area contributed by atoms with Crippen molar-refractivity contribution in [2.75, 3.05) is 7.11 Å². The van der Waals surface area contributed by atoms with Gasteiger partial charge in [0.05, 0.1) is 18.2 Å². The molecule has 0 spiro atoms. The second-order valence-electron chi connectivity index (χ2n) is 6.19. The molecule has 8 heteroatoms. The molecule has 0 heterocycles. The molecule has 30 heavy (non-hydrogen) atoms. The van der Waals surface area contributed by atoms with Crippen LogP contribution in [0.25, 0.3) is 0 Å². The molecule has 1 N–H and O–H groups in total. The number of amides is 1. The van der Waals surface area contributed by atoms with E-state index in [-0.39, 0.29) is 11.3 Å². The van der Waals surface area contributed by atoms with Gasteiger partial charge >= 0.3 is 0 Å². The van der Waals surface area contributed by atoms with E-state index in [0.29, 0.717) is 23.7 Å². The van der Waals surface area contributed by atoms with Crippen molar-refractivity contribution >= 4 is 17.8 Å². The number of hydrazone groups is 1. The lowest BCUT2D eigenvalue weighted by molar-refractivity contribution is -0.384. The number of nitrogens with zero attached hydrogens (tertiary/aromatic N) is 2. The highest BCUT2D eigenvalue weighted by Gasteiger charge is 2.09. The molecule has 3 aromatic rings. The molecule has 0 aliphatic heterocycles. The molecular weight excluding hydrogens is 386 g/mol. The van der Waals surface area contributed by atoms with Crippen LogP contribution in [0.1, 0.15) is 21.5 Å². The maximum absolute atomic E-state index is 12.1. The van der Waals surface area contributed by atoms with Crippen LogP contribution in [0.2, 0.25) is 0 Å². The summed E-state index contributed by atoms with van der Waals surface area (Å²) in [5, 5.41) is 14.6. The predicted octanol–water partition coefficient (Wildman–Crippen LogP) is 3.95. The number of hydrogen-bond donors (Lipinski definition) is 1. The third-order valence-electron chi connectivity index (χ3n) is 4.14. The molecule has 3 rings (SSSR count). The van der Waals surface area contributed by atoms with E-state index in [1.54, 1.807) is 25.3 Å². The topological polar surface area (TPSA) is 103 Å². The summed E-state index contributed by atoms with van der Waals surface area (Å²) < 4.78 is 11.2. The molecule has 152 valence electrons. The van der Waals surface area contributed by atoms with Crippen LogP contribution in [0.15, 0.2) is 77.9 Å². The summed E-state index contributed by atoms with van der Waals surface area (Å²) >= 11 is 0. The molecule has 0 atom stereocenters. The number of nitro benzene ring substituents is 1. The van der Waals surface area contributed by atoms with Gasteiger partial charge in [0, 0.05) is 17.7 Å². The number of carbonyl (C=O) groups is 1. The third-order valence-corrected chi connectivity index (χ3v) is 4.14. The molecular formula is C22H19N3O5. The fraction of sp³-hybridized carbons (Fsp3) is 0.0909. The molecule has 8 nitrogen and oxygen atoms in total. The Balaban J connectivity index is 1.64. The van der Waals surface area contributed by atoms with Crippen LogP contribution < -0.4 is 14.9 Å². The van der Waals surface area contributed by atoms with Crippen molar-refractivity contribution in [1.82, 2.24) is 5.43 Å². The molecule has 0 unspecified atom stereocenters. The predicted molar refractivity (Wildman–Crippen MR) is 112 cm³/mol. The van der Waals surface area contributed by atoms with E-state index in [2.05, 4.69) is 10.5 Å². The van der Waals surface area contributed by atoms with Gasteiger partial charge in [-0.2, -0.15) is 5.10 Å². The first kappa shape index (κ1) is 20.5. The van der Waals surface area contributed by atoms with Gasteiger partial charge in [-0.1, -0.05) is 30.3 Å². The molecule has 1 amide bonds. The first-order chi connectivity index (χ1) is 14.6. The van der Waals surface area contributed by atoms with Crippen LogP contribution in [0, 0.1) is 10.1 Å². The van der Waals surface area contributed by atoms with E-state index < -0.39 is 10.8 Å². The van der Waals surface area contributed by atoms with Gasteiger partial charge in [0.2, 0.25) is 0 Å². The Morgan fingerprint density at radius 3 is 2.47 bits per heavy atom. The zero-order chi connectivity index (χ0) is 21.3. The fourth-order valence-corrected chi connectivity index (χ4v) is 2.59. The molecule has 0 radical (unpaired) electrons. The molecule has 3 aromatic carbocycles. The van der Waals surface area contributed by atoms with E-state index in [9.17, 15) is 14.9 Å². The van der Waals surface area contributed by atoms with Crippen molar-refractivity contribution in [3.63, 3.8) is 0 Å².